The van der Waals surface area contributed by atoms with E-state index < -0.39 is 0 Å². The Labute approximate surface area is 76.7 Å². The van der Waals surface area contributed by atoms with Crippen LogP contribution < -0.4 is 10.7 Å². The lowest BCUT2D eigenvalue weighted by atomic mass is 10.2. The van der Waals surface area contributed by atoms with Crippen LogP contribution in [0.1, 0.15) is 5.56 Å². The fraction of sp³-hybridized carbons (Fsp3) is 0.111. The fourth-order valence-corrected chi connectivity index (χ4v) is 0.760. The molecule has 0 radical (unpaired) electrons. The maximum atomic E-state index is 10.7. The number of carbonyl (C=O) groups is 1. The van der Waals surface area contributed by atoms with Gasteiger partial charge in [-0.15, -0.1) is 0 Å². The number of rotatable bonds is 2. The normalized spacial score (nSPS) is 9.92. The Morgan fingerprint density at radius 1 is 1.38 bits per heavy atom. The van der Waals surface area contributed by atoms with Gasteiger partial charge in [-0.2, -0.15) is 5.10 Å². The molecule has 13 heavy (non-hydrogen) atoms. The lowest BCUT2D eigenvalue weighted by molar-refractivity contribution is 0.243. The van der Waals surface area contributed by atoms with Gasteiger partial charge in [-0.3, -0.25) is 0 Å². The third kappa shape index (κ3) is 3.37. The SMILES string of the molecule is CNC(=O)N/N=C/c1ccccc1. The summed E-state index contributed by atoms with van der Waals surface area (Å²) in [6.45, 7) is 0. The minimum atomic E-state index is -0.327. The molecule has 2 N–H and O–H groups in total. The van der Waals surface area contributed by atoms with Crippen molar-refractivity contribution in [3.63, 3.8) is 0 Å². The highest BCUT2D eigenvalue weighted by molar-refractivity contribution is 5.81. The highest BCUT2D eigenvalue weighted by atomic mass is 16.2. The number of carbonyl (C=O) groups excluding carboxylic acids is 1. The number of amides is 2. The van der Waals surface area contributed by atoms with Crippen molar-refractivity contribution in [1.82, 2.24) is 10.7 Å². The second-order valence-electron chi connectivity index (χ2n) is 2.36. The van der Waals surface area contributed by atoms with Crippen LogP contribution in [0.25, 0.3) is 0 Å². The van der Waals surface area contributed by atoms with E-state index in [-0.39, 0.29) is 6.03 Å². The maximum Gasteiger partial charge on any atom is 0.334 e. The lowest BCUT2D eigenvalue weighted by Crippen LogP contribution is -2.28. The Kier molecular flexibility index (Phi) is 3.50. The number of hydrogen-bond donors (Lipinski definition) is 2. The van der Waals surface area contributed by atoms with Crippen LogP contribution >= 0.6 is 0 Å². The van der Waals surface area contributed by atoms with Crippen molar-refractivity contribution in [2.24, 2.45) is 5.10 Å². The first-order valence-electron chi connectivity index (χ1n) is 3.89. The topological polar surface area (TPSA) is 53.5 Å². The van der Waals surface area contributed by atoms with Gasteiger partial charge in [-0.25, -0.2) is 10.2 Å². The number of hydrazone groups is 1. The van der Waals surface area contributed by atoms with Gasteiger partial charge in [0.2, 0.25) is 0 Å². The summed E-state index contributed by atoms with van der Waals surface area (Å²) in [6, 6.07) is 9.20. The van der Waals surface area contributed by atoms with Gasteiger partial charge < -0.3 is 5.32 Å². The van der Waals surface area contributed by atoms with E-state index in [4.69, 9.17) is 0 Å². The first kappa shape index (κ1) is 9.25. The maximum absolute atomic E-state index is 10.7. The number of nitrogens with one attached hydrogen (secondary N) is 2. The van der Waals surface area contributed by atoms with Gasteiger partial charge in [0.05, 0.1) is 6.21 Å². The van der Waals surface area contributed by atoms with Crippen molar-refractivity contribution in [2.45, 2.75) is 0 Å². The Balaban J connectivity index is 2.45. The molecule has 0 heterocycles. The molecule has 0 spiro atoms. The van der Waals surface area contributed by atoms with Crippen molar-refractivity contribution >= 4 is 12.2 Å². The molecule has 0 aliphatic rings. The van der Waals surface area contributed by atoms with Crippen LogP contribution in [-0.4, -0.2) is 19.3 Å². The average molecular weight is 177 g/mol. The van der Waals surface area contributed by atoms with Crippen LogP contribution in [0.5, 0.6) is 0 Å². The molecule has 0 fully saturated rings. The van der Waals surface area contributed by atoms with E-state index in [1.54, 1.807) is 6.21 Å². The highest BCUT2D eigenvalue weighted by Crippen LogP contribution is 1.92. The Bertz CT molecular complexity index is 295. The van der Waals surface area contributed by atoms with Crippen molar-refractivity contribution in [3.8, 4) is 0 Å². The van der Waals surface area contributed by atoms with Crippen LogP contribution in [0.3, 0.4) is 0 Å². The predicted octanol–water partition coefficient (Wildman–Crippen LogP) is 0.950. The van der Waals surface area contributed by atoms with Crippen molar-refractivity contribution in [3.05, 3.63) is 35.9 Å². The molecular formula is C9H11N3O. The molecule has 0 saturated heterocycles. The van der Waals surface area contributed by atoms with E-state index in [0.29, 0.717) is 0 Å². The summed E-state index contributed by atoms with van der Waals surface area (Å²) in [7, 11) is 1.54. The number of urea groups is 1. The molecule has 4 heteroatoms. The first-order chi connectivity index (χ1) is 6.33. The zero-order valence-corrected chi connectivity index (χ0v) is 7.32. The molecule has 4 nitrogen and oxygen atoms in total. The minimum Gasteiger partial charge on any atom is -0.340 e. The van der Waals surface area contributed by atoms with E-state index in [1.807, 2.05) is 30.3 Å². The van der Waals surface area contributed by atoms with Crippen LogP contribution in [0.15, 0.2) is 35.4 Å². The Morgan fingerprint density at radius 3 is 2.69 bits per heavy atom. The molecule has 2 amide bonds. The van der Waals surface area contributed by atoms with Gasteiger partial charge in [0.25, 0.3) is 0 Å². The van der Waals surface area contributed by atoms with Gasteiger partial charge >= 0.3 is 6.03 Å². The molecule has 0 aliphatic heterocycles. The van der Waals surface area contributed by atoms with Crippen LogP contribution in [0, 0.1) is 0 Å². The second-order valence-corrected chi connectivity index (χ2v) is 2.36. The van der Waals surface area contributed by atoms with Crippen molar-refractivity contribution in [2.75, 3.05) is 7.05 Å². The molecule has 0 unspecified atom stereocenters. The molecule has 1 rings (SSSR count). The lowest BCUT2D eigenvalue weighted by Gasteiger charge is -1.95. The van der Waals surface area contributed by atoms with E-state index in [0.717, 1.165) is 5.56 Å². The van der Waals surface area contributed by atoms with Crippen molar-refractivity contribution in [1.29, 1.82) is 0 Å². The van der Waals surface area contributed by atoms with Crippen LogP contribution in [0.4, 0.5) is 4.79 Å². The van der Waals surface area contributed by atoms with Gasteiger partial charge in [-0.05, 0) is 5.56 Å². The Hall–Kier alpha value is -1.84. The minimum absolute atomic E-state index is 0.327. The van der Waals surface area contributed by atoms with Gasteiger partial charge in [0.15, 0.2) is 0 Å². The molecular weight excluding hydrogens is 166 g/mol. The Morgan fingerprint density at radius 2 is 2.08 bits per heavy atom. The highest BCUT2D eigenvalue weighted by Gasteiger charge is 1.89. The first-order valence-corrected chi connectivity index (χ1v) is 3.89. The zero-order chi connectivity index (χ0) is 9.52. The summed E-state index contributed by atoms with van der Waals surface area (Å²) in [5, 5.41) is 6.11. The van der Waals surface area contributed by atoms with Crippen molar-refractivity contribution < 1.29 is 4.79 Å². The summed E-state index contributed by atoms with van der Waals surface area (Å²) in [5.74, 6) is 0. The third-order valence-corrected chi connectivity index (χ3v) is 1.41. The molecule has 0 saturated carbocycles. The average Bonchev–Trinajstić information content (AvgIpc) is 2.19. The molecule has 1 aromatic rings. The smallest absolute Gasteiger partial charge is 0.334 e. The molecule has 0 aliphatic carbocycles. The number of benzene rings is 1. The quantitative estimate of drug-likeness (QED) is 0.513. The third-order valence-electron chi connectivity index (χ3n) is 1.41. The molecule has 0 atom stereocenters. The molecule has 0 aromatic heterocycles. The monoisotopic (exact) mass is 177 g/mol. The van der Waals surface area contributed by atoms with E-state index in [1.165, 1.54) is 7.05 Å². The summed E-state index contributed by atoms with van der Waals surface area (Å²) in [5.41, 5.74) is 3.24. The number of nitrogens with zero attached hydrogens (tertiary/aromatic N) is 1. The summed E-state index contributed by atoms with van der Waals surface area (Å²) >= 11 is 0. The largest absolute Gasteiger partial charge is 0.340 e. The molecule has 1 aromatic carbocycles. The van der Waals surface area contributed by atoms with Crippen LogP contribution in [-0.2, 0) is 0 Å². The fourth-order valence-electron chi connectivity index (χ4n) is 0.760. The van der Waals surface area contributed by atoms with E-state index in [2.05, 4.69) is 15.8 Å². The summed E-state index contributed by atoms with van der Waals surface area (Å²) in [4.78, 5) is 10.7. The second kappa shape index (κ2) is 4.92. The van der Waals surface area contributed by atoms with E-state index >= 15 is 0 Å². The zero-order valence-electron chi connectivity index (χ0n) is 7.32. The summed E-state index contributed by atoms with van der Waals surface area (Å²) in [6.07, 6.45) is 1.58. The number of hydrogen-bond acceptors (Lipinski definition) is 2. The standard InChI is InChI=1S/C9H11N3O/c1-10-9(13)12-11-7-8-5-3-2-4-6-8/h2-7H,1H3,(H2,10,12,13)/b11-7+. The van der Waals surface area contributed by atoms with Gasteiger partial charge in [0, 0.05) is 7.05 Å². The molecule has 0 bridgehead atoms. The summed E-state index contributed by atoms with van der Waals surface area (Å²) < 4.78 is 0. The van der Waals surface area contributed by atoms with Gasteiger partial charge in [-0.1, -0.05) is 30.3 Å². The van der Waals surface area contributed by atoms with Crippen LogP contribution in [0.2, 0.25) is 0 Å². The predicted molar refractivity (Wildman–Crippen MR) is 51.6 cm³/mol. The molecule has 68 valence electrons. The van der Waals surface area contributed by atoms with Gasteiger partial charge in [0.1, 0.15) is 0 Å². The van der Waals surface area contributed by atoms with E-state index in [9.17, 15) is 4.79 Å².